The number of nitrogens with zero attached hydrogens (tertiary/aromatic N) is 5. The zero-order chi connectivity index (χ0) is 11.0. The SMILES string of the molecule is CSc1ncc2ccc(-n3cccn3)n2n1. The zero-order valence-corrected chi connectivity index (χ0v) is 9.42. The summed E-state index contributed by atoms with van der Waals surface area (Å²) in [4.78, 5) is 4.22. The molecule has 0 atom stereocenters. The second-order valence-electron chi connectivity index (χ2n) is 3.22. The van der Waals surface area contributed by atoms with E-state index < -0.39 is 0 Å². The van der Waals surface area contributed by atoms with E-state index in [9.17, 15) is 0 Å². The fourth-order valence-electron chi connectivity index (χ4n) is 1.54. The molecule has 0 aliphatic heterocycles. The summed E-state index contributed by atoms with van der Waals surface area (Å²) in [7, 11) is 0. The molecule has 0 N–H and O–H groups in total. The van der Waals surface area contributed by atoms with Crippen LogP contribution in [0.5, 0.6) is 0 Å². The topological polar surface area (TPSA) is 48.0 Å². The van der Waals surface area contributed by atoms with E-state index in [0.29, 0.717) is 0 Å². The van der Waals surface area contributed by atoms with Crippen molar-refractivity contribution >= 4 is 17.3 Å². The largest absolute Gasteiger partial charge is 0.227 e. The van der Waals surface area contributed by atoms with Crippen LogP contribution in [-0.2, 0) is 0 Å². The Labute approximate surface area is 96.1 Å². The first-order chi connectivity index (χ1) is 7.88. The molecule has 0 aliphatic carbocycles. The molecule has 6 heteroatoms. The van der Waals surface area contributed by atoms with E-state index in [1.807, 2.05) is 41.4 Å². The van der Waals surface area contributed by atoms with Gasteiger partial charge in [0.05, 0.1) is 11.7 Å². The predicted octanol–water partition coefficient (Wildman–Crippen LogP) is 1.64. The van der Waals surface area contributed by atoms with Gasteiger partial charge >= 0.3 is 0 Å². The maximum atomic E-state index is 4.42. The van der Waals surface area contributed by atoms with Gasteiger partial charge in [0.1, 0.15) is 0 Å². The number of rotatable bonds is 2. The molecule has 0 amide bonds. The summed E-state index contributed by atoms with van der Waals surface area (Å²) in [6, 6.07) is 5.83. The maximum Gasteiger partial charge on any atom is 0.207 e. The van der Waals surface area contributed by atoms with Gasteiger partial charge in [-0.05, 0) is 24.5 Å². The molecular formula is C10H9N5S. The van der Waals surface area contributed by atoms with Crippen LogP contribution in [0.1, 0.15) is 0 Å². The molecule has 3 rings (SSSR count). The van der Waals surface area contributed by atoms with E-state index in [1.165, 1.54) is 11.8 Å². The van der Waals surface area contributed by atoms with Crippen molar-refractivity contribution in [3.05, 3.63) is 36.8 Å². The highest BCUT2D eigenvalue weighted by Crippen LogP contribution is 2.14. The van der Waals surface area contributed by atoms with Crippen molar-refractivity contribution in [3.63, 3.8) is 0 Å². The fraction of sp³-hybridized carbons (Fsp3) is 0.100. The minimum Gasteiger partial charge on any atom is -0.227 e. The molecule has 5 nitrogen and oxygen atoms in total. The third-order valence-corrected chi connectivity index (χ3v) is 2.83. The first kappa shape index (κ1) is 9.41. The van der Waals surface area contributed by atoms with Gasteiger partial charge in [-0.15, -0.1) is 5.10 Å². The molecule has 0 unspecified atom stereocenters. The van der Waals surface area contributed by atoms with Crippen LogP contribution in [0.2, 0.25) is 0 Å². The number of hydrogen-bond donors (Lipinski definition) is 0. The normalized spacial score (nSPS) is 11.1. The van der Waals surface area contributed by atoms with Crippen LogP contribution in [0.3, 0.4) is 0 Å². The van der Waals surface area contributed by atoms with Gasteiger partial charge in [0.25, 0.3) is 0 Å². The summed E-state index contributed by atoms with van der Waals surface area (Å²) in [5.74, 6) is 0.915. The molecule has 0 spiro atoms. The van der Waals surface area contributed by atoms with Crippen LogP contribution < -0.4 is 0 Å². The second kappa shape index (κ2) is 3.64. The molecule has 3 aromatic rings. The van der Waals surface area contributed by atoms with E-state index in [4.69, 9.17) is 0 Å². The minimum absolute atomic E-state index is 0.747. The lowest BCUT2D eigenvalue weighted by Gasteiger charge is -2.02. The lowest BCUT2D eigenvalue weighted by atomic mass is 10.5. The highest BCUT2D eigenvalue weighted by atomic mass is 32.2. The van der Waals surface area contributed by atoms with Crippen LogP contribution in [-0.4, -0.2) is 30.6 Å². The lowest BCUT2D eigenvalue weighted by Crippen LogP contribution is -2.03. The molecule has 0 radical (unpaired) electrons. The van der Waals surface area contributed by atoms with Gasteiger partial charge in [-0.2, -0.15) is 5.10 Å². The highest BCUT2D eigenvalue weighted by molar-refractivity contribution is 7.98. The molecule has 3 aromatic heterocycles. The van der Waals surface area contributed by atoms with Gasteiger partial charge in [0.15, 0.2) is 5.82 Å². The molecule has 0 bridgehead atoms. The Morgan fingerprint density at radius 3 is 3.00 bits per heavy atom. The van der Waals surface area contributed by atoms with Gasteiger partial charge in [-0.25, -0.2) is 14.2 Å². The van der Waals surface area contributed by atoms with Gasteiger partial charge < -0.3 is 0 Å². The minimum atomic E-state index is 0.747. The van der Waals surface area contributed by atoms with Gasteiger partial charge in [0, 0.05) is 12.4 Å². The summed E-state index contributed by atoms with van der Waals surface area (Å²) in [6.07, 6.45) is 7.41. The van der Waals surface area contributed by atoms with Gasteiger partial charge in [-0.1, -0.05) is 11.8 Å². The Kier molecular flexibility index (Phi) is 2.14. The Balaban J connectivity index is 2.25. The Hall–Kier alpha value is -1.82. The van der Waals surface area contributed by atoms with Crippen molar-refractivity contribution in [2.45, 2.75) is 5.16 Å². The number of thioether (sulfide) groups is 1. The van der Waals surface area contributed by atoms with Gasteiger partial charge in [0.2, 0.25) is 5.16 Å². The third kappa shape index (κ3) is 1.38. The van der Waals surface area contributed by atoms with Gasteiger partial charge in [-0.3, -0.25) is 0 Å². The maximum absolute atomic E-state index is 4.42. The van der Waals surface area contributed by atoms with Crippen molar-refractivity contribution in [1.29, 1.82) is 0 Å². The molecule has 0 aromatic carbocycles. The van der Waals surface area contributed by atoms with Crippen LogP contribution in [0, 0.1) is 0 Å². The number of fused-ring (bicyclic) bond motifs is 1. The highest BCUT2D eigenvalue weighted by Gasteiger charge is 2.06. The Morgan fingerprint density at radius 1 is 1.31 bits per heavy atom. The third-order valence-electron chi connectivity index (χ3n) is 2.28. The lowest BCUT2D eigenvalue weighted by molar-refractivity contribution is 0.738. The molecular weight excluding hydrogens is 222 g/mol. The number of aromatic nitrogens is 5. The van der Waals surface area contributed by atoms with E-state index in [0.717, 1.165) is 16.5 Å². The van der Waals surface area contributed by atoms with E-state index >= 15 is 0 Å². The van der Waals surface area contributed by atoms with Crippen molar-refractivity contribution in [2.24, 2.45) is 0 Å². The average molecular weight is 231 g/mol. The monoisotopic (exact) mass is 231 g/mol. The Morgan fingerprint density at radius 2 is 2.25 bits per heavy atom. The Bertz CT molecular complexity index is 613. The van der Waals surface area contributed by atoms with Crippen molar-refractivity contribution in [2.75, 3.05) is 6.26 Å². The summed E-state index contributed by atoms with van der Waals surface area (Å²) in [5.41, 5.74) is 0.961. The second-order valence-corrected chi connectivity index (χ2v) is 4.00. The van der Waals surface area contributed by atoms with Crippen molar-refractivity contribution < 1.29 is 0 Å². The summed E-state index contributed by atoms with van der Waals surface area (Å²) >= 11 is 1.52. The van der Waals surface area contributed by atoms with Crippen molar-refractivity contribution in [3.8, 4) is 5.82 Å². The molecule has 0 fully saturated rings. The molecule has 0 saturated carbocycles. The summed E-state index contributed by atoms with van der Waals surface area (Å²) < 4.78 is 3.62. The fourth-order valence-corrected chi connectivity index (χ4v) is 1.87. The molecule has 0 saturated heterocycles. The molecule has 0 aliphatic rings. The standard InChI is InChI=1S/C10H9N5S/c1-16-10-11-7-8-3-4-9(15(8)13-10)14-6-2-5-12-14/h2-7H,1H3. The summed E-state index contributed by atoms with van der Waals surface area (Å²) in [5, 5.41) is 9.36. The van der Waals surface area contributed by atoms with Crippen molar-refractivity contribution in [1.82, 2.24) is 24.4 Å². The number of hydrogen-bond acceptors (Lipinski definition) is 4. The quantitative estimate of drug-likeness (QED) is 0.629. The first-order valence-corrected chi connectivity index (χ1v) is 6.00. The molecule has 80 valence electrons. The van der Waals surface area contributed by atoms with E-state index in [2.05, 4.69) is 15.2 Å². The molecule has 3 heterocycles. The van der Waals surface area contributed by atoms with E-state index in [1.54, 1.807) is 10.9 Å². The van der Waals surface area contributed by atoms with Crippen LogP contribution in [0.15, 0.2) is 41.9 Å². The van der Waals surface area contributed by atoms with Crippen LogP contribution in [0.4, 0.5) is 0 Å². The van der Waals surface area contributed by atoms with Crippen LogP contribution in [0.25, 0.3) is 11.3 Å². The summed E-state index contributed by atoms with van der Waals surface area (Å²) in [6.45, 7) is 0. The smallest absolute Gasteiger partial charge is 0.207 e. The van der Waals surface area contributed by atoms with Crippen LogP contribution >= 0.6 is 11.8 Å². The predicted molar refractivity (Wildman–Crippen MR) is 61.9 cm³/mol. The first-order valence-electron chi connectivity index (χ1n) is 4.77. The molecule has 16 heavy (non-hydrogen) atoms. The van der Waals surface area contributed by atoms with E-state index in [-0.39, 0.29) is 0 Å². The zero-order valence-electron chi connectivity index (χ0n) is 8.61. The average Bonchev–Trinajstić information content (AvgIpc) is 2.96.